The monoisotopic (exact) mass is 588 g/mol. The summed E-state index contributed by atoms with van der Waals surface area (Å²) >= 11 is 6.21. The van der Waals surface area contributed by atoms with Crippen LogP contribution in [0.1, 0.15) is 80.9 Å². The number of rotatable bonds is 8. The Bertz CT molecular complexity index is 1450. The molecule has 42 heavy (non-hydrogen) atoms. The average molecular weight is 589 g/mol. The number of nitrogens with one attached hydrogen (secondary N) is 1. The molecule has 1 spiro atoms. The van der Waals surface area contributed by atoms with E-state index in [2.05, 4.69) is 48.4 Å². The molecule has 2 aromatic carbocycles. The zero-order valence-corrected chi connectivity index (χ0v) is 25.2. The molecule has 1 saturated carbocycles. The first kappa shape index (κ1) is 29.0. The lowest BCUT2D eigenvalue weighted by Crippen LogP contribution is -2.53. The number of hydrogen-bond acceptors (Lipinski definition) is 5. The molecule has 3 aliphatic carbocycles. The second kappa shape index (κ2) is 11.5. The number of benzene rings is 2. The summed E-state index contributed by atoms with van der Waals surface area (Å²) in [6, 6.07) is 18.0. The van der Waals surface area contributed by atoms with Crippen LogP contribution >= 0.6 is 11.6 Å². The smallest absolute Gasteiger partial charge is 0.329 e. The normalized spacial score (nSPS) is 29.0. The number of aliphatic hydroxyl groups excluding tert-OH is 1. The third kappa shape index (κ3) is 5.40. The lowest BCUT2D eigenvalue weighted by molar-refractivity contribution is -0.144. The van der Waals surface area contributed by atoms with E-state index in [1.54, 1.807) is 18.3 Å². The molecule has 0 amide bonds. The highest BCUT2D eigenvalue weighted by Crippen LogP contribution is 2.56. The Morgan fingerprint density at radius 3 is 2.67 bits per heavy atom. The molecule has 1 heterocycles. The average Bonchev–Trinajstić information content (AvgIpc) is 3.25. The van der Waals surface area contributed by atoms with E-state index < -0.39 is 17.6 Å². The number of anilines is 1. The Balaban J connectivity index is 1.19. The molecule has 4 atom stereocenters. The molecule has 3 aliphatic rings. The number of pyridine rings is 1. The molecular weight excluding hydrogens is 548 g/mol. The summed E-state index contributed by atoms with van der Waals surface area (Å²) in [5, 5.41) is 24.9. The first-order valence-electron chi connectivity index (χ1n) is 15.3. The van der Waals surface area contributed by atoms with Gasteiger partial charge in [-0.2, -0.15) is 0 Å². The van der Waals surface area contributed by atoms with Crippen LogP contribution in [0, 0.1) is 17.8 Å². The van der Waals surface area contributed by atoms with Gasteiger partial charge in [-0.25, -0.2) is 4.79 Å². The zero-order valence-electron chi connectivity index (χ0n) is 24.5. The van der Waals surface area contributed by atoms with Gasteiger partial charge in [-0.3, -0.25) is 4.98 Å². The van der Waals surface area contributed by atoms with Crippen molar-refractivity contribution in [1.82, 2.24) is 4.98 Å². The fraction of sp³-hybridized carbons (Fsp3) is 0.486. The summed E-state index contributed by atoms with van der Waals surface area (Å²) in [6.45, 7) is 5.02. The van der Waals surface area contributed by atoms with Gasteiger partial charge in [-0.05, 0) is 110 Å². The van der Waals surface area contributed by atoms with E-state index in [0.29, 0.717) is 42.2 Å². The van der Waals surface area contributed by atoms with Crippen LogP contribution in [0.15, 0.2) is 60.8 Å². The van der Waals surface area contributed by atoms with Gasteiger partial charge in [0, 0.05) is 22.5 Å². The number of ether oxygens (including phenoxy) is 1. The van der Waals surface area contributed by atoms with Crippen molar-refractivity contribution in [3.05, 3.63) is 88.2 Å². The largest absolute Gasteiger partial charge is 0.493 e. The minimum atomic E-state index is -1.02. The molecule has 1 unspecified atom stereocenters. The molecule has 1 aromatic heterocycles. The van der Waals surface area contributed by atoms with Gasteiger partial charge in [0.15, 0.2) is 0 Å². The van der Waals surface area contributed by atoms with Crippen molar-refractivity contribution in [2.24, 2.45) is 17.8 Å². The van der Waals surface area contributed by atoms with Gasteiger partial charge in [-0.1, -0.05) is 55.8 Å². The van der Waals surface area contributed by atoms with Crippen LogP contribution < -0.4 is 10.1 Å². The number of carboxylic acids is 1. The van der Waals surface area contributed by atoms with Gasteiger partial charge < -0.3 is 20.3 Å². The third-order valence-corrected chi connectivity index (χ3v) is 10.4. The number of carboxylic acid groups (broad SMARTS) is 1. The second-order valence-corrected chi connectivity index (χ2v) is 13.6. The van der Waals surface area contributed by atoms with Crippen molar-refractivity contribution in [2.45, 2.75) is 82.3 Å². The van der Waals surface area contributed by atoms with Crippen LogP contribution in [-0.4, -0.2) is 33.3 Å². The topological polar surface area (TPSA) is 91.7 Å². The maximum atomic E-state index is 12.7. The van der Waals surface area contributed by atoms with Gasteiger partial charge in [-0.15, -0.1) is 0 Å². The predicted octanol–water partition coefficient (Wildman–Crippen LogP) is 7.38. The van der Waals surface area contributed by atoms with E-state index in [0.717, 1.165) is 61.2 Å². The zero-order chi connectivity index (χ0) is 29.5. The number of aliphatic carboxylic acids is 1. The minimum Gasteiger partial charge on any atom is -0.493 e. The summed E-state index contributed by atoms with van der Waals surface area (Å²) in [4.78, 5) is 17.2. The standard InChI is InChI=1S/C35H41ClN2O4/c1-22-17-28-31(10-15-37-32(28)30(39)18-22)42-21-23(2)16-25-19-24-6-3-4-9-29(24)34(25)11-13-35(14-12-34,33(40)41)38-27-8-5-7-26(36)20-27/h3-10,15,20,22-23,25,30,38-39H,11-14,16-19,21H2,1-2H3,(H,40,41)/t22-,23-,25?,30+,34?,35?/m1/s1. The molecule has 6 rings (SSSR count). The number of fused-ring (bicyclic) bond motifs is 3. The van der Waals surface area contributed by atoms with Crippen molar-refractivity contribution in [3.63, 3.8) is 0 Å². The summed E-state index contributed by atoms with van der Waals surface area (Å²) in [6.07, 6.45) is 7.57. The number of hydrogen-bond donors (Lipinski definition) is 3. The number of halogens is 1. The molecule has 3 aromatic rings. The van der Waals surface area contributed by atoms with Crippen molar-refractivity contribution in [2.75, 3.05) is 11.9 Å². The number of aliphatic hydroxyl groups is 1. The van der Waals surface area contributed by atoms with Crippen LogP contribution in [0.25, 0.3) is 0 Å². The molecule has 0 radical (unpaired) electrons. The van der Waals surface area contributed by atoms with Crippen molar-refractivity contribution < 1.29 is 19.7 Å². The highest BCUT2D eigenvalue weighted by atomic mass is 35.5. The van der Waals surface area contributed by atoms with E-state index in [1.165, 1.54) is 11.1 Å². The first-order valence-corrected chi connectivity index (χ1v) is 15.7. The SMILES string of the molecule is C[C@@H]1Cc2c(OC[C@H](C)CC3Cc4ccccc4C34CCC(Nc3cccc(Cl)c3)(C(=O)O)CC4)ccnc2[C@@H](O)C1. The van der Waals surface area contributed by atoms with Crippen molar-refractivity contribution >= 4 is 23.3 Å². The third-order valence-electron chi connectivity index (χ3n) is 10.2. The molecule has 6 nitrogen and oxygen atoms in total. The van der Waals surface area contributed by atoms with Crippen LogP contribution in [0.5, 0.6) is 5.75 Å². The Morgan fingerprint density at radius 1 is 1.12 bits per heavy atom. The lowest BCUT2D eigenvalue weighted by Gasteiger charge is -2.47. The highest BCUT2D eigenvalue weighted by Gasteiger charge is 2.54. The number of nitrogens with zero attached hydrogens (tertiary/aromatic N) is 1. The Kier molecular flexibility index (Phi) is 7.97. The fourth-order valence-electron chi connectivity index (χ4n) is 8.04. The van der Waals surface area contributed by atoms with E-state index in [-0.39, 0.29) is 5.41 Å². The summed E-state index contributed by atoms with van der Waals surface area (Å²) in [7, 11) is 0. The number of carbonyl (C=O) groups is 1. The van der Waals surface area contributed by atoms with Crippen LogP contribution in [-0.2, 0) is 23.1 Å². The highest BCUT2D eigenvalue weighted by molar-refractivity contribution is 6.30. The van der Waals surface area contributed by atoms with E-state index in [9.17, 15) is 15.0 Å². The summed E-state index contributed by atoms with van der Waals surface area (Å²) in [5.41, 5.74) is 4.28. The number of aromatic nitrogens is 1. The summed E-state index contributed by atoms with van der Waals surface area (Å²) in [5.74, 6) is 1.16. The van der Waals surface area contributed by atoms with Gasteiger partial charge in [0.05, 0.1) is 18.4 Å². The van der Waals surface area contributed by atoms with E-state index in [1.807, 2.05) is 18.2 Å². The quantitative estimate of drug-likeness (QED) is 0.254. The molecule has 1 fully saturated rings. The lowest BCUT2D eigenvalue weighted by atomic mass is 9.59. The van der Waals surface area contributed by atoms with Gasteiger partial charge in [0.1, 0.15) is 11.3 Å². The van der Waals surface area contributed by atoms with Gasteiger partial charge in [0.25, 0.3) is 0 Å². The molecule has 7 heteroatoms. The van der Waals surface area contributed by atoms with Gasteiger partial charge >= 0.3 is 5.97 Å². The molecule has 0 aliphatic heterocycles. The van der Waals surface area contributed by atoms with Crippen molar-refractivity contribution in [1.29, 1.82) is 0 Å². The van der Waals surface area contributed by atoms with Gasteiger partial charge in [0.2, 0.25) is 0 Å². The Labute approximate surface area is 253 Å². The molecule has 3 N–H and O–H groups in total. The molecule has 0 bridgehead atoms. The maximum Gasteiger partial charge on any atom is 0.329 e. The Morgan fingerprint density at radius 2 is 1.90 bits per heavy atom. The predicted molar refractivity (Wildman–Crippen MR) is 165 cm³/mol. The van der Waals surface area contributed by atoms with E-state index >= 15 is 0 Å². The van der Waals surface area contributed by atoms with Crippen LogP contribution in [0.3, 0.4) is 0 Å². The second-order valence-electron chi connectivity index (χ2n) is 13.1. The summed E-state index contributed by atoms with van der Waals surface area (Å²) < 4.78 is 6.42. The van der Waals surface area contributed by atoms with Crippen LogP contribution in [0.4, 0.5) is 5.69 Å². The van der Waals surface area contributed by atoms with Crippen LogP contribution in [0.2, 0.25) is 5.02 Å². The van der Waals surface area contributed by atoms with E-state index in [4.69, 9.17) is 16.3 Å². The molecule has 222 valence electrons. The first-order chi connectivity index (χ1) is 20.2. The molecule has 0 saturated heterocycles. The Hall–Kier alpha value is -3.09. The van der Waals surface area contributed by atoms with Crippen molar-refractivity contribution in [3.8, 4) is 5.75 Å². The minimum absolute atomic E-state index is 0.0464. The maximum absolute atomic E-state index is 12.7. The fourth-order valence-corrected chi connectivity index (χ4v) is 8.23. The molecular formula is C35H41ClN2O4.